The van der Waals surface area contributed by atoms with Crippen molar-refractivity contribution in [1.82, 2.24) is 10.0 Å². The Labute approximate surface area is 126 Å². The first kappa shape index (κ1) is 19.5. The van der Waals surface area contributed by atoms with Crippen LogP contribution in [0.15, 0.2) is 23.1 Å². The topological polar surface area (TPSA) is 58.2 Å². The molecular formula is C10H13Cl2F3N2O2S. The number of hydrogen-bond acceptors (Lipinski definition) is 3. The van der Waals surface area contributed by atoms with Crippen molar-refractivity contribution in [2.24, 2.45) is 0 Å². The van der Waals surface area contributed by atoms with E-state index >= 15 is 0 Å². The van der Waals surface area contributed by atoms with Gasteiger partial charge in [0.15, 0.2) is 0 Å². The molecule has 116 valence electrons. The fraction of sp³-hybridized carbons (Fsp3) is 0.400. The highest BCUT2D eigenvalue weighted by Gasteiger charge is 2.32. The van der Waals surface area contributed by atoms with E-state index in [9.17, 15) is 21.6 Å². The molecule has 0 fully saturated rings. The van der Waals surface area contributed by atoms with Crippen molar-refractivity contribution in [3.05, 3.63) is 28.8 Å². The minimum atomic E-state index is -4.63. The van der Waals surface area contributed by atoms with Crippen molar-refractivity contribution >= 4 is 34.0 Å². The van der Waals surface area contributed by atoms with Gasteiger partial charge in [-0.05, 0) is 25.2 Å². The maximum atomic E-state index is 12.5. The molecular weight excluding hydrogens is 340 g/mol. The van der Waals surface area contributed by atoms with Gasteiger partial charge in [0, 0.05) is 13.1 Å². The number of halogens is 5. The van der Waals surface area contributed by atoms with E-state index in [0.717, 1.165) is 12.1 Å². The van der Waals surface area contributed by atoms with E-state index in [0.29, 0.717) is 12.6 Å². The van der Waals surface area contributed by atoms with Gasteiger partial charge >= 0.3 is 6.18 Å². The van der Waals surface area contributed by atoms with Gasteiger partial charge in [0.05, 0.1) is 10.6 Å². The zero-order chi connectivity index (χ0) is 14.7. The van der Waals surface area contributed by atoms with E-state index in [1.807, 2.05) is 0 Å². The second-order valence-electron chi connectivity index (χ2n) is 3.64. The van der Waals surface area contributed by atoms with Gasteiger partial charge < -0.3 is 5.32 Å². The molecule has 4 nitrogen and oxygen atoms in total. The molecule has 20 heavy (non-hydrogen) atoms. The lowest BCUT2D eigenvalue weighted by Gasteiger charge is -2.11. The molecule has 0 aliphatic carbocycles. The number of nitrogens with one attached hydrogen (secondary N) is 2. The Morgan fingerprint density at radius 2 is 1.85 bits per heavy atom. The lowest BCUT2D eigenvalue weighted by molar-refractivity contribution is -0.137. The molecule has 1 rings (SSSR count). The number of hydrogen-bond donors (Lipinski definition) is 2. The molecule has 0 aliphatic heterocycles. The summed E-state index contributed by atoms with van der Waals surface area (Å²) >= 11 is 5.64. The first-order chi connectivity index (χ1) is 8.68. The van der Waals surface area contributed by atoms with Crippen LogP contribution in [0.4, 0.5) is 13.2 Å². The van der Waals surface area contributed by atoms with Crippen LogP contribution in [0.1, 0.15) is 5.56 Å². The fourth-order valence-corrected chi connectivity index (χ4v) is 2.83. The summed E-state index contributed by atoms with van der Waals surface area (Å²) < 4.78 is 63.4. The van der Waals surface area contributed by atoms with Gasteiger partial charge in [0.1, 0.15) is 4.90 Å². The summed E-state index contributed by atoms with van der Waals surface area (Å²) in [6, 6.07) is 2.16. The highest BCUT2D eigenvalue weighted by atomic mass is 35.5. The first-order valence-corrected chi connectivity index (χ1v) is 7.05. The third-order valence-corrected chi connectivity index (χ3v) is 4.16. The number of sulfonamides is 1. The molecule has 0 radical (unpaired) electrons. The normalized spacial score (nSPS) is 12.1. The Morgan fingerprint density at radius 1 is 1.25 bits per heavy atom. The molecule has 0 aliphatic rings. The SMILES string of the molecule is CNCCNS(=O)(=O)c1cc(C(F)(F)F)ccc1Cl.Cl. The van der Waals surface area contributed by atoms with Crippen LogP contribution in [-0.4, -0.2) is 28.6 Å². The van der Waals surface area contributed by atoms with Crippen LogP contribution in [-0.2, 0) is 16.2 Å². The molecule has 0 spiro atoms. The second kappa shape index (κ2) is 7.46. The van der Waals surface area contributed by atoms with Gasteiger partial charge in [0.25, 0.3) is 0 Å². The molecule has 0 amide bonds. The minimum Gasteiger partial charge on any atom is -0.318 e. The molecule has 0 heterocycles. The molecule has 0 aromatic heterocycles. The molecule has 0 unspecified atom stereocenters. The van der Waals surface area contributed by atoms with E-state index in [1.54, 1.807) is 7.05 Å². The lowest BCUT2D eigenvalue weighted by atomic mass is 10.2. The van der Waals surface area contributed by atoms with Crippen molar-refractivity contribution in [3.63, 3.8) is 0 Å². The van der Waals surface area contributed by atoms with Crippen LogP contribution in [0.2, 0.25) is 5.02 Å². The second-order valence-corrected chi connectivity index (χ2v) is 5.79. The Hall–Kier alpha value is -0.540. The fourth-order valence-electron chi connectivity index (χ4n) is 1.27. The third kappa shape index (κ3) is 5.10. The van der Waals surface area contributed by atoms with Crippen molar-refractivity contribution in [3.8, 4) is 0 Å². The maximum absolute atomic E-state index is 12.5. The smallest absolute Gasteiger partial charge is 0.318 e. The van der Waals surface area contributed by atoms with Crippen molar-refractivity contribution in [1.29, 1.82) is 0 Å². The largest absolute Gasteiger partial charge is 0.416 e. The molecule has 0 saturated carbocycles. The summed E-state index contributed by atoms with van der Waals surface area (Å²) in [6.45, 7) is 0.390. The summed E-state index contributed by atoms with van der Waals surface area (Å²) in [5.74, 6) is 0. The predicted octanol–water partition coefficient (Wildman–Crippen LogP) is 2.28. The monoisotopic (exact) mass is 352 g/mol. The van der Waals surface area contributed by atoms with Gasteiger partial charge in [-0.3, -0.25) is 0 Å². The predicted molar refractivity (Wildman–Crippen MR) is 72.8 cm³/mol. The summed E-state index contributed by atoms with van der Waals surface area (Å²) in [6.07, 6.45) is -4.63. The van der Waals surface area contributed by atoms with E-state index in [2.05, 4.69) is 10.0 Å². The number of likely N-dealkylation sites (N-methyl/N-ethyl adjacent to an activating group) is 1. The summed E-state index contributed by atoms with van der Waals surface area (Å²) in [7, 11) is -2.45. The Kier molecular flexibility index (Phi) is 7.26. The summed E-state index contributed by atoms with van der Waals surface area (Å²) in [5, 5.41) is 2.44. The van der Waals surface area contributed by atoms with Crippen LogP contribution in [0.5, 0.6) is 0 Å². The van der Waals surface area contributed by atoms with E-state index in [-0.39, 0.29) is 24.0 Å². The van der Waals surface area contributed by atoms with E-state index in [4.69, 9.17) is 11.6 Å². The van der Waals surface area contributed by atoms with Crippen molar-refractivity contribution in [2.75, 3.05) is 20.1 Å². The van der Waals surface area contributed by atoms with Crippen molar-refractivity contribution in [2.45, 2.75) is 11.1 Å². The zero-order valence-electron chi connectivity index (χ0n) is 10.3. The molecule has 0 saturated heterocycles. The van der Waals surface area contributed by atoms with E-state index < -0.39 is 26.7 Å². The lowest BCUT2D eigenvalue weighted by Crippen LogP contribution is -2.30. The highest BCUT2D eigenvalue weighted by Crippen LogP contribution is 2.33. The quantitative estimate of drug-likeness (QED) is 0.799. The Bertz CT molecular complexity index is 550. The molecule has 0 atom stereocenters. The number of alkyl halides is 3. The molecule has 10 heteroatoms. The van der Waals surface area contributed by atoms with Gasteiger partial charge in [-0.1, -0.05) is 11.6 Å². The Morgan fingerprint density at radius 3 is 2.35 bits per heavy atom. The van der Waals surface area contributed by atoms with Gasteiger partial charge in [0.2, 0.25) is 10.0 Å². The van der Waals surface area contributed by atoms with Crippen molar-refractivity contribution < 1.29 is 21.6 Å². The summed E-state index contributed by atoms with van der Waals surface area (Å²) in [5.41, 5.74) is -1.06. The number of rotatable bonds is 5. The standard InChI is InChI=1S/C10H12ClF3N2O2S.ClH/c1-15-4-5-16-19(17,18)9-6-7(10(12,13)14)2-3-8(9)11;/h2-3,6,15-16H,4-5H2,1H3;1H. The maximum Gasteiger partial charge on any atom is 0.416 e. The average Bonchev–Trinajstić information content (AvgIpc) is 2.27. The molecule has 1 aromatic carbocycles. The van der Waals surface area contributed by atoms with Crippen LogP contribution in [0, 0.1) is 0 Å². The van der Waals surface area contributed by atoms with Gasteiger partial charge in [-0.2, -0.15) is 13.2 Å². The summed E-state index contributed by atoms with van der Waals surface area (Å²) in [4.78, 5) is -0.583. The molecule has 2 N–H and O–H groups in total. The van der Waals surface area contributed by atoms with Gasteiger partial charge in [-0.15, -0.1) is 12.4 Å². The Balaban J connectivity index is 0.00000361. The highest BCUT2D eigenvalue weighted by molar-refractivity contribution is 7.89. The zero-order valence-corrected chi connectivity index (χ0v) is 12.7. The van der Waals surface area contributed by atoms with Crippen LogP contribution in [0.25, 0.3) is 0 Å². The number of benzene rings is 1. The average molecular weight is 353 g/mol. The van der Waals surface area contributed by atoms with Crippen LogP contribution < -0.4 is 10.0 Å². The third-order valence-electron chi connectivity index (χ3n) is 2.22. The van der Waals surface area contributed by atoms with Crippen LogP contribution >= 0.6 is 24.0 Å². The molecule has 1 aromatic rings. The van der Waals surface area contributed by atoms with Crippen LogP contribution in [0.3, 0.4) is 0 Å². The van der Waals surface area contributed by atoms with Gasteiger partial charge in [-0.25, -0.2) is 13.1 Å². The van der Waals surface area contributed by atoms with E-state index in [1.165, 1.54) is 0 Å². The first-order valence-electron chi connectivity index (χ1n) is 5.19. The molecule has 0 bridgehead atoms. The minimum absolute atomic E-state index is 0.